The van der Waals surface area contributed by atoms with Gasteiger partial charge in [0.15, 0.2) is 12.6 Å². The van der Waals surface area contributed by atoms with Gasteiger partial charge in [-0.1, -0.05) is 30.2 Å². The van der Waals surface area contributed by atoms with Crippen LogP contribution in [0, 0.1) is 29.6 Å². The van der Waals surface area contributed by atoms with Crippen molar-refractivity contribution in [2.45, 2.75) is 143 Å². The lowest BCUT2D eigenvalue weighted by Crippen LogP contribution is -2.34. The van der Waals surface area contributed by atoms with Crippen LogP contribution in [-0.4, -0.2) is 56.2 Å². The average molecular weight is 631 g/mol. The fourth-order valence-corrected chi connectivity index (χ4v) is 7.68. The molecule has 0 amide bonds. The number of aliphatic hydroxyl groups excluding tert-OH is 1. The van der Waals surface area contributed by atoms with Gasteiger partial charge in [-0.05, 0) is 128 Å². The molecule has 0 bridgehead atoms. The van der Waals surface area contributed by atoms with Crippen LogP contribution in [0.25, 0.3) is 0 Å². The quantitative estimate of drug-likeness (QED) is 0.0705. The lowest BCUT2D eigenvalue weighted by atomic mass is 9.89. The summed E-state index contributed by atoms with van der Waals surface area (Å²) in [5, 5.41) is 10.4. The van der Waals surface area contributed by atoms with Crippen molar-refractivity contribution in [1.82, 2.24) is 0 Å². The first-order chi connectivity index (χ1) is 21.8. The lowest BCUT2D eigenvalue weighted by Gasteiger charge is -2.33. The molecule has 0 aromatic heterocycles. The van der Waals surface area contributed by atoms with Gasteiger partial charge in [-0.15, -0.1) is 0 Å². The first-order valence-electron chi connectivity index (χ1n) is 18.2. The Bertz CT molecular complexity index is 971. The number of esters is 1. The molecule has 0 radical (unpaired) electrons. The second kappa shape index (κ2) is 19.2. The summed E-state index contributed by atoms with van der Waals surface area (Å²) in [4.78, 5) is 11.1. The molecule has 7 heteroatoms. The van der Waals surface area contributed by atoms with Gasteiger partial charge in [0.2, 0.25) is 0 Å². The largest absolute Gasteiger partial charge is 0.469 e. The third kappa shape index (κ3) is 11.8. The Labute approximate surface area is 273 Å². The predicted molar refractivity (Wildman–Crippen MR) is 177 cm³/mol. The van der Waals surface area contributed by atoms with Crippen LogP contribution in [0.4, 0.5) is 0 Å². The van der Waals surface area contributed by atoms with E-state index in [0.29, 0.717) is 24.4 Å². The first kappa shape index (κ1) is 36.2. The molecular weight excluding hydrogens is 568 g/mol. The molecule has 4 rings (SSSR count). The predicted octanol–water partition coefficient (Wildman–Crippen LogP) is 8.41. The van der Waals surface area contributed by atoms with Crippen molar-refractivity contribution in [3.8, 4) is 0 Å². The Morgan fingerprint density at radius 2 is 1.69 bits per heavy atom. The molecule has 2 heterocycles. The highest BCUT2D eigenvalue weighted by Gasteiger charge is 2.50. The second-order valence-corrected chi connectivity index (χ2v) is 14.3. The molecule has 256 valence electrons. The standard InChI is InChI=1S/C38H62O7/c1-27(2)13-11-14-28(3)15-12-17-34(44-36-18-6-9-21-42-36)38-33-24-31(30(26-39)16-5-8-20-41-29(4)40)23-32(33)25-35(38)45-37-19-7-10-22-43-37/h13,17,24,28,30,32-33,35-39H,5-12,14-16,18-23,25-26H2,1-4H3/t28-,30?,32?,33?,35+,36?,37?,38-/m1/s1. The molecule has 2 aliphatic heterocycles. The van der Waals surface area contributed by atoms with Crippen LogP contribution >= 0.6 is 0 Å². The minimum absolute atomic E-state index is 0.0436. The Kier molecular flexibility index (Phi) is 15.5. The van der Waals surface area contributed by atoms with Gasteiger partial charge in [0.05, 0.1) is 19.3 Å². The molecule has 0 aromatic rings. The number of carbonyl (C=O) groups is 1. The highest BCUT2D eigenvalue weighted by Crippen LogP contribution is 2.53. The van der Waals surface area contributed by atoms with Crippen LogP contribution in [0.1, 0.15) is 124 Å². The monoisotopic (exact) mass is 630 g/mol. The summed E-state index contributed by atoms with van der Waals surface area (Å²) in [7, 11) is 0. The van der Waals surface area contributed by atoms with Crippen molar-refractivity contribution in [3.63, 3.8) is 0 Å². The number of unbranched alkanes of at least 4 members (excludes halogenated alkanes) is 1. The van der Waals surface area contributed by atoms with E-state index in [1.165, 1.54) is 24.5 Å². The lowest BCUT2D eigenvalue weighted by molar-refractivity contribution is -0.200. The molecule has 4 aliphatic rings. The molecule has 2 aliphatic carbocycles. The van der Waals surface area contributed by atoms with Crippen molar-refractivity contribution in [1.29, 1.82) is 0 Å². The summed E-state index contributed by atoms with van der Waals surface area (Å²) < 4.78 is 30.9. The smallest absolute Gasteiger partial charge is 0.302 e. The topological polar surface area (TPSA) is 83.5 Å². The number of ether oxygens (including phenoxy) is 5. The SMILES string of the molecule is CC(=O)OCCCCC(CO)C1=CC2C(C1)C[C@H](OC1CCCCO1)[C@H]2C(=CCC[C@H](C)CCC=C(C)C)OC1CCCCO1. The fraction of sp³-hybridized carbons (Fsp3) is 0.816. The molecule has 45 heavy (non-hydrogen) atoms. The van der Waals surface area contributed by atoms with Crippen LogP contribution < -0.4 is 0 Å². The van der Waals surface area contributed by atoms with Gasteiger partial charge in [0, 0.05) is 38.4 Å². The van der Waals surface area contributed by atoms with Crippen molar-refractivity contribution in [2.24, 2.45) is 29.6 Å². The number of carbonyl (C=O) groups excluding carboxylic acids is 1. The van der Waals surface area contributed by atoms with E-state index in [2.05, 4.69) is 39.0 Å². The zero-order valence-electron chi connectivity index (χ0n) is 28.7. The van der Waals surface area contributed by atoms with Crippen LogP contribution in [0.2, 0.25) is 0 Å². The number of allylic oxidation sites excluding steroid dienone is 4. The van der Waals surface area contributed by atoms with Gasteiger partial charge in [-0.25, -0.2) is 0 Å². The molecule has 1 N–H and O–H groups in total. The Hall–Kier alpha value is -1.67. The van der Waals surface area contributed by atoms with Crippen molar-refractivity contribution >= 4 is 5.97 Å². The molecule has 0 aromatic carbocycles. The summed E-state index contributed by atoms with van der Waals surface area (Å²) in [5.74, 6) is 2.51. The maximum absolute atomic E-state index is 11.1. The Balaban J connectivity index is 1.51. The van der Waals surface area contributed by atoms with Crippen molar-refractivity contribution in [3.05, 3.63) is 35.1 Å². The fourth-order valence-electron chi connectivity index (χ4n) is 7.68. The number of rotatable bonds is 18. The van der Waals surface area contributed by atoms with Gasteiger partial charge >= 0.3 is 5.97 Å². The first-order valence-corrected chi connectivity index (χ1v) is 18.2. The normalized spacial score (nSPS) is 29.9. The summed E-state index contributed by atoms with van der Waals surface area (Å²) >= 11 is 0. The Morgan fingerprint density at radius 3 is 2.33 bits per heavy atom. The second-order valence-electron chi connectivity index (χ2n) is 14.3. The third-order valence-corrected chi connectivity index (χ3v) is 10.2. The van der Waals surface area contributed by atoms with Crippen LogP contribution in [0.5, 0.6) is 0 Å². The zero-order valence-corrected chi connectivity index (χ0v) is 28.7. The maximum Gasteiger partial charge on any atom is 0.302 e. The minimum atomic E-state index is -0.232. The van der Waals surface area contributed by atoms with Gasteiger partial charge < -0.3 is 28.8 Å². The Morgan fingerprint density at radius 1 is 0.978 bits per heavy atom. The van der Waals surface area contributed by atoms with Crippen molar-refractivity contribution in [2.75, 3.05) is 26.4 Å². The van der Waals surface area contributed by atoms with E-state index >= 15 is 0 Å². The molecule has 1 saturated carbocycles. The summed E-state index contributed by atoms with van der Waals surface area (Å²) in [6.07, 6.45) is 22.3. The average Bonchev–Trinajstić information content (AvgIpc) is 3.56. The minimum Gasteiger partial charge on any atom is -0.469 e. The summed E-state index contributed by atoms with van der Waals surface area (Å²) in [5.41, 5.74) is 2.77. The van der Waals surface area contributed by atoms with E-state index in [1.807, 2.05) is 0 Å². The molecule has 7 nitrogen and oxygen atoms in total. The van der Waals surface area contributed by atoms with Gasteiger partial charge in [-0.2, -0.15) is 0 Å². The molecular formula is C38H62O7. The van der Waals surface area contributed by atoms with Crippen LogP contribution in [0.15, 0.2) is 35.1 Å². The van der Waals surface area contributed by atoms with Gasteiger partial charge in [-0.3, -0.25) is 4.79 Å². The molecule has 8 atom stereocenters. The number of fused-ring (bicyclic) bond motifs is 1. The molecule has 3 fully saturated rings. The summed E-state index contributed by atoms with van der Waals surface area (Å²) in [6.45, 7) is 10.3. The zero-order chi connectivity index (χ0) is 32.0. The highest BCUT2D eigenvalue weighted by molar-refractivity contribution is 5.65. The van der Waals surface area contributed by atoms with E-state index < -0.39 is 0 Å². The molecule has 5 unspecified atom stereocenters. The van der Waals surface area contributed by atoms with E-state index in [9.17, 15) is 9.90 Å². The van der Waals surface area contributed by atoms with E-state index in [4.69, 9.17) is 23.7 Å². The summed E-state index contributed by atoms with van der Waals surface area (Å²) in [6, 6.07) is 0. The van der Waals surface area contributed by atoms with E-state index in [-0.39, 0.29) is 43.1 Å². The highest BCUT2D eigenvalue weighted by atomic mass is 16.7. The molecule has 0 spiro atoms. The van der Waals surface area contributed by atoms with E-state index in [1.54, 1.807) is 0 Å². The van der Waals surface area contributed by atoms with Gasteiger partial charge in [0.25, 0.3) is 0 Å². The van der Waals surface area contributed by atoms with Crippen LogP contribution in [0.3, 0.4) is 0 Å². The van der Waals surface area contributed by atoms with Crippen LogP contribution in [-0.2, 0) is 28.5 Å². The third-order valence-electron chi connectivity index (χ3n) is 10.2. The number of hydrogen-bond acceptors (Lipinski definition) is 7. The van der Waals surface area contributed by atoms with Gasteiger partial charge in [0.1, 0.15) is 5.76 Å². The number of hydrogen-bond donors (Lipinski definition) is 1. The number of aliphatic hydroxyl groups is 1. The van der Waals surface area contributed by atoms with E-state index in [0.717, 1.165) is 109 Å². The van der Waals surface area contributed by atoms with Crippen molar-refractivity contribution < 1.29 is 33.6 Å². The molecule has 2 saturated heterocycles. The maximum atomic E-state index is 11.1.